The first-order valence-corrected chi connectivity index (χ1v) is 9.86. The molecule has 0 aliphatic rings. The Labute approximate surface area is 163 Å². The van der Waals surface area contributed by atoms with Gasteiger partial charge < -0.3 is 4.90 Å². The molecule has 3 rings (SSSR count). The van der Waals surface area contributed by atoms with Gasteiger partial charge in [-0.2, -0.15) is 0 Å². The van der Waals surface area contributed by atoms with E-state index < -0.39 is 15.9 Å². The molecule has 0 spiro atoms. The van der Waals surface area contributed by atoms with E-state index in [1.807, 2.05) is 24.3 Å². The molecule has 0 aliphatic carbocycles. The van der Waals surface area contributed by atoms with Crippen molar-refractivity contribution in [2.24, 2.45) is 0 Å². The summed E-state index contributed by atoms with van der Waals surface area (Å²) in [5.74, 6) is -0.624. The van der Waals surface area contributed by atoms with Gasteiger partial charge in [0.1, 0.15) is 4.90 Å². The molecule has 0 aromatic heterocycles. The zero-order valence-electron chi connectivity index (χ0n) is 14.8. The molecule has 0 aliphatic heterocycles. The highest BCUT2D eigenvalue weighted by molar-refractivity contribution is 7.90. The van der Waals surface area contributed by atoms with Gasteiger partial charge in [-0.3, -0.25) is 10.2 Å². The number of fused-ring (bicyclic) bond motifs is 1. The maximum Gasteiger partial charge on any atom is 0.276 e. The van der Waals surface area contributed by atoms with Crippen LogP contribution >= 0.6 is 11.8 Å². The van der Waals surface area contributed by atoms with Crippen LogP contribution in [0.5, 0.6) is 0 Å². The Balaban J connectivity index is 2.01. The molecule has 0 saturated heterocycles. The third-order valence-electron chi connectivity index (χ3n) is 4.03. The summed E-state index contributed by atoms with van der Waals surface area (Å²) in [7, 11) is -0.680. The summed E-state index contributed by atoms with van der Waals surface area (Å²) in [5.41, 5.74) is 2.99. The van der Waals surface area contributed by atoms with Crippen LogP contribution in [0, 0.1) is 0 Å². The molecular weight excluding hydrogens is 386 g/mol. The average Bonchev–Trinajstić information content (AvgIpc) is 2.67. The molecule has 0 atom stereocenters. The van der Waals surface area contributed by atoms with E-state index in [0.29, 0.717) is 15.2 Å². The van der Waals surface area contributed by atoms with Crippen molar-refractivity contribution < 1.29 is 13.2 Å². The molecule has 0 unspecified atom stereocenters. The number of hydrazine groups is 1. The molecule has 6 nitrogen and oxygen atoms in total. The molecule has 1 amide bonds. The van der Waals surface area contributed by atoms with Crippen LogP contribution in [0.15, 0.2) is 71.6 Å². The summed E-state index contributed by atoms with van der Waals surface area (Å²) in [4.78, 5) is 14.0. The Hall–Kier alpha value is -2.61. The molecule has 0 radical (unpaired) electrons. The van der Waals surface area contributed by atoms with Crippen LogP contribution in [0.2, 0.25) is 0 Å². The van der Waals surface area contributed by atoms with E-state index in [0.717, 1.165) is 10.8 Å². The van der Waals surface area contributed by atoms with Gasteiger partial charge in [-0.1, -0.05) is 48.5 Å². The van der Waals surface area contributed by atoms with Gasteiger partial charge in [0.05, 0.1) is 5.69 Å². The van der Waals surface area contributed by atoms with Crippen LogP contribution in [-0.2, 0) is 10.0 Å². The largest absolute Gasteiger partial charge is 0.376 e. The number of nitrogens with one attached hydrogen (secondary N) is 1. The second kappa shape index (κ2) is 7.56. The third kappa shape index (κ3) is 3.75. The zero-order chi connectivity index (χ0) is 19.6. The summed E-state index contributed by atoms with van der Waals surface area (Å²) >= 11 is 5.97. The minimum atomic E-state index is -4.18. The minimum absolute atomic E-state index is 0.00504. The smallest absolute Gasteiger partial charge is 0.276 e. The molecule has 3 aromatic carbocycles. The summed E-state index contributed by atoms with van der Waals surface area (Å²) in [5, 5.41) is 1.66. The Kier molecular flexibility index (Phi) is 5.36. The Morgan fingerprint density at radius 1 is 0.926 bits per heavy atom. The van der Waals surface area contributed by atoms with E-state index in [1.165, 1.54) is 6.07 Å². The van der Waals surface area contributed by atoms with E-state index in [1.54, 1.807) is 55.4 Å². The predicted molar refractivity (Wildman–Crippen MR) is 107 cm³/mol. The third-order valence-corrected chi connectivity index (χ3v) is 6.05. The van der Waals surface area contributed by atoms with Gasteiger partial charge >= 0.3 is 0 Å². The van der Waals surface area contributed by atoms with Crippen LogP contribution in [-0.4, -0.2) is 32.4 Å². The van der Waals surface area contributed by atoms with E-state index in [4.69, 9.17) is 11.8 Å². The van der Waals surface area contributed by atoms with Crippen molar-refractivity contribution in [3.8, 4) is 0 Å². The fraction of sp³-hybridized carbons (Fsp3) is 0.105. The number of anilines is 1. The lowest BCUT2D eigenvalue weighted by Gasteiger charge is -2.22. The highest BCUT2D eigenvalue weighted by Gasteiger charge is 2.29. The summed E-state index contributed by atoms with van der Waals surface area (Å²) in [6.45, 7) is 0. The molecule has 0 heterocycles. The number of rotatable bonds is 5. The maximum atomic E-state index is 13.0. The lowest BCUT2D eigenvalue weighted by atomic mass is 10.1. The minimum Gasteiger partial charge on any atom is -0.376 e. The molecule has 0 saturated carbocycles. The standard InChI is InChI=1S/C19H18ClN3O3S/c1-22(2)18-16-11-7-6-8-14(16)12-13-17(18)27(25,26)23(20)21-19(24)15-9-4-3-5-10-15/h3-13H,1-2H3,(H,21,24). The number of hydrogen-bond donors (Lipinski definition) is 1. The van der Waals surface area contributed by atoms with Crippen LogP contribution in [0.4, 0.5) is 5.69 Å². The van der Waals surface area contributed by atoms with E-state index in [-0.39, 0.29) is 4.90 Å². The summed E-state index contributed by atoms with van der Waals surface area (Å²) in [6.07, 6.45) is 0. The van der Waals surface area contributed by atoms with Crippen molar-refractivity contribution >= 4 is 44.2 Å². The molecule has 8 heteroatoms. The van der Waals surface area contributed by atoms with Gasteiger partial charge in [-0.25, -0.2) is 8.42 Å². The Morgan fingerprint density at radius 2 is 1.56 bits per heavy atom. The summed E-state index contributed by atoms with van der Waals surface area (Å²) in [6, 6.07) is 18.9. The lowest BCUT2D eigenvalue weighted by molar-refractivity contribution is 0.0916. The quantitative estimate of drug-likeness (QED) is 0.523. The van der Waals surface area contributed by atoms with Gasteiger partial charge in [-0.05, 0) is 27.5 Å². The molecule has 3 aromatic rings. The van der Waals surface area contributed by atoms with Crippen molar-refractivity contribution in [1.82, 2.24) is 9.36 Å². The SMILES string of the molecule is CN(C)c1c(S(=O)(=O)N(Cl)NC(=O)c2ccccc2)ccc2ccccc12. The van der Waals surface area contributed by atoms with Crippen molar-refractivity contribution in [2.45, 2.75) is 4.90 Å². The number of nitrogens with zero attached hydrogens (tertiary/aromatic N) is 2. The second-order valence-electron chi connectivity index (χ2n) is 6.05. The maximum absolute atomic E-state index is 13.0. The Bertz CT molecular complexity index is 1090. The first-order chi connectivity index (χ1) is 12.8. The average molecular weight is 404 g/mol. The monoisotopic (exact) mass is 403 g/mol. The molecular formula is C19H18ClN3O3S. The van der Waals surface area contributed by atoms with Gasteiger partial charge in [0.15, 0.2) is 0 Å². The van der Waals surface area contributed by atoms with Crippen LogP contribution in [0.3, 0.4) is 0 Å². The van der Waals surface area contributed by atoms with Gasteiger partial charge in [0.25, 0.3) is 15.9 Å². The van der Waals surface area contributed by atoms with E-state index >= 15 is 0 Å². The number of carbonyl (C=O) groups excluding carboxylic acids is 1. The molecule has 0 fully saturated rings. The predicted octanol–water partition coefficient (Wildman–Crippen LogP) is 3.40. The van der Waals surface area contributed by atoms with Crippen molar-refractivity contribution in [1.29, 1.82) is 0 Å². The zero-order valence-corrected chi connectivity index (χ0v) is 16.3. The number of hydrogen-bond acceptors (Lipinski definition) is 4. The van der Waals surface area contributed by atoms with Gasteiger partial charge in [0, 0.05) is 36.8 Å². The fourth-order valence-electron chi connectivity index (χ4n) is 2.78. The lowest BCUT2D eigenvalue weighted by Crippen LogP contribution is -2.40. The number of amides is 1. The van der Waals surface area contributed by atoms with E-state index in [9.17, 15) is 13.2 Å². The van der Waals surface area contributed by atoms with Crippen molar-refractivity contribution in [3.63, 3.8) is 0 Å². The molecule has 27 heavy (non-hydrogen) atoms. The van der Waals surface area contributed by atoms with E-state index in [2.05, 4.69) is 5.43 Å². The molecule has 0 bridgehead atoms. The first kappa shape index (κ1) is 19.2. The fourth-order valence-corrected chi connectivity index (χ4v) is 4.24. The first-order valence-electron chi connectivity index (χ1n) is 8.08. The van der Waals surface area contributed by atoms with Gasteiger partial charge in [-0.15, -0.1) is 0 Å². The Morgan fingerprint density at radius 3 is 2.22 bits per heavy atom. The molecule has 1 N–H and O–H groups in total. The topological polar surface area (TPSA) is 69.7 Å². The second-order valence-corrected chi connectivity index (χ2v) is 8.35. The number of benzene rings is 3. The number of halogens is 1. The van der Waals surface area contributed by atoms with Crippen LogP contribution < -0.4 is 10.3 Å². The highest BCUT2D eigenvalue weighted by Crippen LogP contribution is 2.34. The molecule has 140 valence electrons. The highest BCUT2D eigenvalue weighted by atomic mass is 35.5. The number of sulfonamides is 1. The van der Waals surface area contributed by atoms with Gasteiger partial charge in [0.2, 0.25) is 0 Å². The van der Waals surface area contributed by atoms with Crippen molar-refractivity contribution in [2.75, 3.05) is 19.0 Å². The van der Waals surface area contributed by atoms with Crippen LogP contribution in [0.25, 0.3) is 10.8 Å². The summed E-state index contributed by atoms with van der Waals surface area (Å²) < 4.78 is 26.4. The van der Waals surface area contributed by atoms with Crippen LogP contribution in [0.1, 0.15) is 10.4 Å². The number of carbonyl (C=O) groups is 1. The van der Waals surface area contributed by atoms with Crippen molar-refractivity contribution in [3.05, 3.63) is 72.3 Å². The normalized spacial score (nSPS) is 11.6.